The first kappa shape index (κ1) is 23.5. The number of rotatable bonds is 8. The molecule has 8 rings (SSSR count). The van der Waals surface area contributed by atoms with Crippen LogP contribution in [0.15, 0.2) is 11.6 Å². The molecular formula is C30H46O4. The predicted molar refractivity (Wildman–Crippen MR) is 132 cm³/mol. The summed E-state index contributed by atoms with van der Waals surface area (Å²) in [5, 5.41) is 11.1. The Hall–Kier alpha value is -0.870. The van der Waals surface area contributed by atoms with Crippen molar-refractivity contribution in [2.75, 3.05) is 6.61 Å². The molecular weight excluding hydrogens is 424 g/mol. The first-order chi connectivity index (χ1) is 16.3. The number of carbonyl (C=O) groups excluding carboxylic acids is 1. The number of carbonyl (C=O) groups is 1. The molecule has 0 saturated heterocycles. The van der Waals surface area contributed by atoms with Gasteiger partial charge < -0.3 is 14.6 Å². The van der Waals surface area contributed by atoms with Gasteiger partial charge in [0.15, 0.2) is 0 Å². The molecule has 0 aliphatic heterocycles. The van der Waals surface area contributed by atoms with Crippen LogP contribution >= 0.6 is 0 Å². The Kier molecular flexibility index (Phi) is 6.16. The maximum absolute atomic E-state index is 13.1. The summed E-state index contributed by atoms with van der Waals surface area (Å²) in [5.41, 5.74) is 0.433. The molecule has 4 nitrogen and oxygen atoms in total. The van der Waals surface area contributed by atoms with E-state index in [9.17, 15) is 9.90 Å². The molecule has 0 amide bonds. The Labute approximate surface area is 206 Å². The van der Waals surface area contributed by atoms with E-state index in [-0.39, 0.29) is 23.4 Å². The van der Waals surface area contributed by atoms with E-state index < -0.39 is 6.29 Å². The van der Waals surface area contributed by atoms with E-state index in [1.807, 2.05) is 6.92 Å². The molecule has 0 radical (unpaired) electrons. The van der Waals surface area contributed by atoms with Gasteiger partial charge in [-0.05, 0) is 125 Å². The van der Waals surface area contributed by atoms with E-state index in [0.717, 1.165) is 60.7 Å². The normalized spacial score (nSPS) is 47.4. The highest BCUT2D eigenvalue weighted by Gasteiger charge is 2.55. The minimum Gasteiger partial charge on any atom is -0.432 e. The van der Waals surface area contributed by atoms with E-state index in [4.69, 9.17) is 9.47 Å². The van der Waals surface area contributed by atoms with Gasteiger partial charge >= 0.3 is 5.97 Å². The van der Waals surface area contributed by atoms with Gasteiger partial charge in [0, 0.05) is 16.9 Å². The SMILES string of the molecule is CC(=CC12CC3CC(CC(C3)C1O)C2)C(=O)OC(OCCC1C2CC3CC(C2)CC1C3)C(C)C. The van der Waals surface area contributed by atoms with Crippen LogP contribution < -0.4 is 0 Å². The molecule has 0 aromatic heterocycles. The molecule has 0 aromatic rings. The number of ether oxygens (including phenoxy) is 2. The van der Waals surface area contributed by atoms with Gasteiger partial charge in [0.2, 0.25) is 6.29 Å². The van der Waals surface area contributed by atoms with Crippen molar-refractivity contribution in [2.24, 2.45) is 58.7 Å². The molecule has 8 aliphatic rings. The van der Waals surface area contributed by atoms with Crippen molar-refractivity contribution in [1.82, 2.24) is 0 Å². The molecule has 34 heavy (non-hydrogen) atoms. The zero-order valence-electron chi connectivity index (χ0n) is 21.6. The molecule has 1 N–H and O–H groups in total. The van der Waals surface area contributed by atoms with E-state index in [2.05, 4.69) is 19.9 Å². The Morgan fingerprint density at radius 3 is 2.06 bits per heavy atom. The first-order valence-electron chi connectivity index (χ1n) is 14.5. The standard InChI is InChI=1S/C30H46O4/c1-17(2)29(33-5-4-26-23-8-19-6-20(10-23)11-24(26)9-19)34-28(32)18(3)14-30-15-21-7-22(16-30)13-25(12-21)27(30)31/h14,17,19-27,29,31H,4-13,15-16H2,1-3H3. The highest BCUT2D eigenvalue weighted by atomic mass is 16.7. The van der Waals surface area contributed by atoms with Gasteiger partial charge in [0.1, 0.15) is 0 Å². The second-order valence-electron chi connectivity index (χ2n) is 13.9. The summed E-state index contributed by atoms with van der Waals surface area (Å²) >= 11 is 0. The topological polar surface area (TPSA) is 55.8 Å². The Bertz CT molecular complexity index is 773. The first-order valence-corrected chi connectivity index (χ1v) is 14.5. The third-order valence-corrected chi connectivity index (χ3v) is 11.1. The fraction of sp³-hybridized carbons (Fsp3) is 0.900. The van der Waals surface area contributed by atoms with Crippen LogP contribution in [-0.4, -0.2) is 30.1 Å². The van der Waals surface area contributed by atoms with Crippen LogP contribution in [0.2, 0.25) is 0 Å². The number of aliphatic hydroxyl groups is 1. The maximum Gasteiger partial charge on any atom is 0.335 e. The van der Waals surface area contributed by atoms with Gasteiger partial charge in [0.05, 0.1) is 12.7 Å². The van der Waals surface area contributed by atoms with Crippen molar-refractivity contribution < 1.29 is 19.4 Å². The van der Waals surface area contributed by atoms with E-state index >= 15 is 0 Å². The van der Waals surface area contributed by atoms with Crippen LogP contribution in [0, 0.1) is 58.7 Å². The number of hydrogen-bond donors (Lipinski definition) is 1. The summed E-state index contributed by atoms with van der Waals surface area (Å²) in [7, 11) is 0. The van der Waals surface area contributed by atoms with Crippen LogP contribution in [0.25, 0.3) is 0 Å². The van der Waals surface area contributed by atoms with E-state index in [1.54, 1.807) is 0 Å². The molecule has 8 saturated carbocycles. The monoisotopic (exact) mass is 470 g/mol. The van der Waals surface area contributed by atoms with Crippen molar-refractivity contribution in [3.05, 3.63) is 11.6 Å². The Morgan fingerprint density at radius 1 is 0.912 bits per heavy atom. The Morgan fingerprint density at radius 2 is 1.47 bits per heavy atom. The lowest BCUT2D eigenvalue weighted by molar-refractivity contribution is -0.187. The smallest absolute Gasteiger partial charge is 0.335 e. The summed E-state index contributed by atoms with van der Waals surface area (Å²) < 4.78 is 12.1. The third-order valence-electron chi connectivity index (χ3n) is 11.1. The summed E-state index contributed by atoms with van der Waals surface area (Å²) in [4.78, 5) is 13.1. The highest BCUT2D eigenvalue weighted by molar-refractivity contribution is 5.88. The molecule has 8 aliphatic carbocycles. The summed E-state index contributed by atoms with van der Waals surface area (Å²) in [6.45, 7) is 6.71. The largest absolute Gasteiger partial charge is 0.432 e. The van der Waals surface area contributed by atoms with Gasteiger partial charge in [-0.1, -0.05) is 19.9 Å². The molecule has 8 bridgehead atoms. The molecule has 8 fully saturated rings. The fourth-order valence-corrected chi connectivity index (χ4v) is 10.2. The number of esters is 1. The van der Waals surface area contributed by atoms with Crippen LogP contribution in [0.5, 0.6) is 0 Å². The maximum atomic E-state index is 13.1. The molecule has 0 heterocycles. The lowest BCUT2D eigenvalue weighted by Gasteiger charge is -2.58. The van der Waals surface area contributed by atoms with Gasteiger partial charge in [0.25, 0.3) is 0 Å². The van der Waals surface area contributed by atoms with Gasteiger partial charge in [-0.2, -0.15) is 0 Å². The zero-order chi connectivity index (χ0) is 23.6. The molecule has 190 valence electrons. The Balaban J connectivity index is 1.05. The number of hydrogen-bond acceptors (Lipinski definition) is 4. The minimum atomic E-state index is -0.492. The van der Waals surface area contributed by atoms with Crippen LogP contribution in [0.4, 0.5) is 0 Å². The molecule has 4 unspecified atom stereocenters. The third kappa shape index (κ3) is 4.19. The zero-order valence-corrected chi connectivity index (χ0v) is 21.6. The number of aliphatic hydroxyl groups excluding tert-OH is 1. The van der Waals surface area contributed by atoms with Crippen molar-refractivity contribution in [1.29, 1.82) is 0 Å². The van der Waals surface area contributed by atoms with Crippen LogP contribution in [0.1, 0.15) is 91.4 Å². The summed E-state index contributed by atoms with van der Waals surface area (Å²) in [6, 6.07) is 0. The molecule has 4 atom stereocenters. The van der Waals surface area contributed by atoms with Crippen molar-refractivity contribution in [2.45, 2.75) is 104 Å². The second-order valence-corrected chi connectivity index (χ2v) is 13.9. The average Bonchev–Trinajstić information content (AvgIpc) is 2.77. The fourth-order valence-electron chi connectivity index (χ4n) is 10.2. The minimum absolute atomic E-state index is 0.125. The van der Waals surface area contributed by atoms with Crippen LogP contribution in [-0.2, 0) is 14.3 Å². The molecule has 0 spiro atoms. The lowest BCUT2D eigenvalue weighted by Crippen LogP contribution is -2.55. The summed E-state index contributed by atoms with van der Waals surface area (Å²) in [6.07, 6.45) is 15.4. The molecule has 0 aromatic carbocycles. The van der Waals surface area contributed by atoms with E-state index in [1.165, 1.54) is 51.4 Å². The summed E-state index contributed by atoms with van der Waals surface area (Å²) in [5.74, 6) is 6.37. The molecule has 4 heteroatoms. The van der Waals surface area contributed by atoms with E-state index in [0.29, 0.717) is 18.1 Å². The van der Waals surface area contributed by atoms with Crippen molar-refractivity contribution in [3.8, 4) is 0 Å². The predicted octanol–water partition coefficient (Wildman–Crippen LogP) is 6.12. The lowest BCUT2D eigenvalue weighted by atomic mass is 9.48. The van der Waals surface area contributed by atoms with Crippen molar-refractivity contribution in [3.63, 3.8) is 0 Å². The van der Waals surface area contributed by atoms with Crippen molar-refractivity contribution >= 4 is 5.97 Å². The average molecular weight is 471 g/mol. The van der Waals surface area contributed by atoms with Gasteiger partial charge in [-0.15, -0.1) is 0 Å². The van der Waals surface area contributed by atoms with Crippen LogP contribution in [0.3, 0.4) is 0 Å². The van der Waals surface area contributed by atoms with Gasteiger partial charge in [-0.25, -0.2) is 4.79 Å². The second kappa shape index (κ2) is 8.91. The van der Waals surface area contributed by atoms with Gasteiger partial charge in [-0.3, -0.25) is 0 Å². The quantitative estimate of drug-likeness (QED) is 0.264. The highest BCUT2D eigenvalue weighted by Crippen LogP contribution is 2.61.